The molecule has 1 saturated heterocycles. The summed E-state index contributed by atoms with van der Waals surface area (Å²) in [6.45, 7) is 10.3. The summed E-state index contributed by atoms with van der Waals surface area (Å²) in [5.41, 5.74) is -0.470. The molecule has 2 unspecified atom stereocenters. The zero-order valence-electron chi connectivity index (χ0n) is 13.0. The zero-order chi connectivity index (χ0) is 14.9. The van der Waals surface area contributed by atoms with Crippen LogP contribution >= 0.6 is 0 Å². The third kappa shape index (κ3) is 3.87. The van der Waals surface area contributed by atoms with E-state index in [0.717, 1.165) is 19.4 Å². The molecule has 0 bridgehead atoms. The molecule has 0 aromatic heterocycles. The quantitative estimate of drug-likeness (QED) is 0.740. The fourth-order valence-corrected chi connectivity index (χ4v) is 2.55. The van der Waals surface area contributed by atoms with Gasteiger partial charge in [0.15, 0.2) is 0 Å². The number of amides is 2. The minimum atomic E-state index is -0.470. The molecule has 2 atom stereocenters. The first kappa shape index (κ1) is 15.1. The van der Waals surface area contributed by atoms with Crippen LogP contribution in [0, 0.1) is 11.8 Å². The zero-order valence-corrected chi connectivity index (χ0v) is 13.0. The Bertz CT molecular complexity index is 389. The third-order valence-corrected chi connectivity index (χ3v) is 3.89. The second-order valence-corrected chi connectivity index (χ2v) is 6.97. The lowest BCUT2D eigenvalue weighted by Gasteiger charge is -2.26. The highest BCUT2D eigenvalue weighted by Gasteiger charge is 2.41. The van der Waals surface area contributed by atoms with Crippen molar-refractivity contribution in [2.24, 2.45) is 11.8 Å². The molecule has 2 fully saturated rings. The maximum Gasteiger partial charge on any atom is 0.410 e. The molecule has 0 aromatic carbocycles. The second-order valence-electron chi connectivity index (χ2n) is 6.97. The number of ether oxygens (including phenoxy) is 1. The first-order chi connectivity index (χ1) is 9.28. The van der Waals surface area contributed by atoms with Crippen LogP contribution in [0.1, 0.15) is 40.5 Å². The molecular weight excluding hydrogens is 256 g/mol. The van der Waals surface area contributed by atoms with Gasteiger partial charge in [-0.15, -0.1) is 0 Å². The summed E-state index contributed by atoms with van der Waals surface area (Å²) >= 11 is 0. The highest BCUT2D eigenvalue weighted by atomic mass is 16.6. The van der Waals surface area contributed by atoms with Gasteiger partial charge in [0.25, 0.3) is 0 Å². The molecule has 0 N–H and O–H groups in total. The monoisotopic (exact) mass is 282 g/mol. The average Bonchev–Trinajstić information content (AvgIpc) is 3.07. The molecule has 5 heteroatoms. The predicted molar refractivity (Wildman–Crippen MR) is 76.3 cm³/mol. The number of nitrogens with zero attached hydrogens (tertiary/aromatic N) is 2. The summed E-state index contributed by atoms with van der Waals surface area (Å²) in [5, 5.41) is 0. The summed E-state index contributed by atoms with van der Waals surface area (Å²) in [6.07, 6.45) is 1.57. The number of carbonyl (C=O) groups excluding carboxylic acids is 2. The van der Waals surface area contributed by atoms with Crippen molar-refractivity contribution in [2.75, 3.05) is 26.2 Å². The van der Waals surface area contributed by atoms with Gasteiger partial charge in [0.2, 0.25) is 5.91 Å². The lowest BCUT2D eigenvalue weighted by atomic mass is 10.2. The van der Waals surface area contributed by atoms with Crippen LogP contribution in [0.2, 0.25) is 0 Å². The standard InChI is InChI=1S/C15H26N2O3/c1-11-10-12(11)13(18)16-6-5-7-17(9-8-16)14(19)20-15(2,3)4/h11-12H,5-10H2,1-4H3. The fraction of sp³-hybridized carbons (Fsp3) is 0.867. The van der Waals surface area contributed by atoms with Gasteiger partial charge in [-0.2, -0.15) is 0 Å². The number of hydrogen-bond acceptors (Lipinski definition) is 3. The Balaban J connectivity index is 1.86. The molecule has 114 valence electrons. The number of carbonyl (C=O) groups is 2. The van der Waals surface area contributed by atoms with E-state index in [1.54, 1.807) is 4.90 Å². The van der Waals surface area contributed by atoms with Crippen LogP contribution in [0.25, 0.3) is 0 Å². The van der Waals surface area contributed by atoms with Gasteiger partial charge < -0.3 is 14.5 Å². The minimum Gasteiger partial charge on any atom is -0.444 e. The summed E-state index contributed by atoms with van der Waals surface area (Å²) in [7, 11) is 0. The Morgan fingerprint density at radius 3 is 2.15 bits per heavy atom. The summed E-state index contributed by atoms with van der Waals surface area (Å²) in [4.78, 5) is 27.9. The lowest BCUT2D eigenvalue weighted by molar-refractivity contribution is -0.132. The van der Waals surface area contributed by atoms with E-state index in [-0.39, 0.29) is 17.9 Å². The van der Waals surface area contributed by atoms with E-state index in [9.17, 15) is 9.59 Å². The van der Waals surface area contributed by atoms with Crippen molar-refractivity contribution in [3.63, 3.8) is 0 Å². The second kappa shape index (κ2) is 5.62. The van der Waals surface area contributed by atoms with Gasteiger partial charge >= 0.3 is 6.09 Å². The van der Waals surface area contributed by atoms with Gasteiger partial charge in [0.05, 0.1) is 0 Å². The molecule has 1 aliphatic carbocycles. The van der Waals surface area contributed by atoms with Crippen LogP contribution in [-0.4, -0.2) is 53.6 Å². The Hall–Kier alpha value is -1.26. The summed E-state index contributed by atoms with van der Waals surface area (Å²) in [5.74, 6) is 1.03. The molecule has 0 spiro atoms. The highest BCUT2D eigenvalue weighted by Crippen LogP contribution is 2.39. The SMILES string of the molecule is CC1CC1C(=O)N1CCCN(C(=O)OC(C)(C)C)CC1. The van der Waals surface area contributed by atoms with Crippen LogP contribution in [0.15, 0.2) is 0 Å². The fourth-order valence-electron chi connectivity index (χ4n) is 2.55. The smallest absolute Gasteiger partial charge is 0.410 e. The first-order valence-electron chi connectivity index (χ1n) is 7.54. The Morgan fingerprint density at radius 1 is 1.05 bits per heavy atom. The van der Waals surface area contributed by atoms with E-state index in [1.807, 2.05) is 25.7 Å². The molecule has 1 aliphatic heterocycles. The van der Waals surface area contributed by atoms with Gasteiger partial charge in [-0.1, -0.05) is 6.92 Å². The minimum absolute atomic E-state index is 0.225. The van der Waals surface area contributed by atoms with Crippen molar-refractivity contribution in [3.05, 3.63) is 0 Å². The third-order valence-electron chi connectivity index (χ3n) is 3.89. The van der Waals surface area contributed by atoms with E-state index in [2.05, 4.69) is 6.92 Å². The van der Waals surface area contributed by atoms with Crippen LogP contribution in [-0.2, 0) is 9.53 Å². The molecule has 2 amide bonds. The predicted octanol–water partition coefficient (Wildman–Crippen LogP) is 2.11. The van der Waals surface area contributed by atoms with Crippen molar-refractivity contribution < 1.29 is 14.3 Å². The largest absolute Gasteiger partial charge is 0.444 e. The molecule has 20 heavy (non-hydrogen) atoms. The Morgan fingerprint density at radius 2 is 1.60 bits per heavy atom. The molecule has 0 radical (unpaired) electrons. The van der Waals surface area contributed by atoms with Crippen molar-refractivity contribution in [3.8, 4) is 0 Å². The first-order valence-corrected chi connectivity index (χ1v) is 7.54. The molecule has 1 heterocycles. The Kier molecular flexibility index (Phi) is 4.25. The van der Waals surface area contributed by atoms with Crippen molar-refractivity contribution in [1.82, 2.24) is 9.80 Å². The summed E-state index contributed by atoms with van der Waals surface area (Å²) in [6, 6.07) is 0. The van der Waals surface area contributed by atoms with E-state index >= 15 is 0 Å². The number of rotatable bonds is 1. The molecule has 2 aliphatic rings. The summed E-state index contributed by atoms with van der Waals surface area (Å²) < 4.78 is 5.39. The van der Waals surface area contributed by atoms with E-state index < -0.39 is 5.60 Å². The van der Waals surface area contributed by atoms with Gasteiger partial charge in [0.1, 0.15) is 5.60 Å². The average molecular weight is 282 g/mol. The van der Waals surface area contributed by atoms with Crippen LogP contribution in [0.3, 0.4) is 0 Å². The number of hydrogen-bond donors (Lipinski definition) is 0. The molecule has 2 rings (SSSR count). The maximum atomic E-state index is 12.2. The van der Waals surface area contributed by atoms with Gasteiger partial charge in [0, 0.05) is 32.1 Å². The Labute approximate surface area is 121 Å². The van der Waals surface area contributed by atoms with Crippen molar-refractivity contribution in [2.45, 2.75) is 46.1 Å². The van der Waals surface area contributed by atoms with E-state index in [1.165, 1.54) is 0 Å². The highest BCUT2D eigenvalue weighted by molar-refractivity contribution is 5.81. The van der Waals surface area contributed by atoms with E-state index in [0.29, 0.717) is 25.6 Å². The van der Waals surface area contributed by atoms with Crippen molar-refractivity contribution in [1.29, 1.82) is 0 Å². The van der Waals surface area contributed by atoms with Crippen LogP contribution < -0.4 is 0 Å². The van der Waals surface area contributed by atoms with E-state index in [4.69, 9.17) is 4.74 Å². The van der Waals surface area contributed by atoms with Gasteiger partial charge in [-0.25, -0.2) is 4.79 Å². The molecular formula is C15H26N2O3. The molecule has 0 aromatic rings. The lowest BCUT2D eigenvalue weighted by Crippen LogP contribution is -2.40. The van der Waals surface area contributed by atoms with Gasteiger partial charge in [-0.3, -0.25) is 4.79 Å². The van der Waals surface area contributed by atoms with Gasteiger partial charge in [-0.05, 0) is 39.5 Å². The maximum absolute atomic E-state index is 12.2. The van der Waals surface area contributed by atoms with Crippen molar-refractivity contribution >= 4 is 12.0 Å². The molecule has 5 nitrogen and oxygen atoms in total. The normalized spacial score (nSPS) is 27.0. The van der Waals surface area contributed by atoms with Crippen LogP contribution in [0.5, 0.6) is 0 Å². The topological polar surface area (TPSA) is 49.9 Å². The molecule has 1 saturated carbocycles. The van der Waals surface area contributed by atoms with Crippen LogP contribution in [0.4, 0.5) is 4.79 Å².